The number of benzene rings is 3. The molecule has 2 amide bonds. The normalized spacial score (nSPS) is 19.3. The largest absolute Gasteiger partial charge is 0.344 e. The number of likely N-dealkylation sites (tertiary alicyclic amines) is 2. The highest BCUT2D eigenvalue weighted by Gasteiger charge is 2.39. The SMILES string of the molecule is CCN(CC)[C@H](C)C(=O)N1CCC[C@H]1c1nc2c([nH]1)CCc1cc(-c3ccc4nc([C@@H]5CCCN5C(=O)[C@@H](c5ccccc5)N(CC)CC)[nH]c4c3)ccc1-2. The molecular formula is C45H56N8O2. The number of fused-ring (bicyclic) bond motifs is 4. The number of carbonyl (C=O) groups excluding carboxylic acids is 2. The summed E-state index contributed by atoms with van der Waals surface area (Å²) in [4.78, 5) is 54.1. The van der Waals surface area contributed by atoms with E-state index in [-0.39, 0.29) is 36.0 Å². The lowest BCUT2D eigenvalue weighted by Crippen LogP contribution is -2.46. The molecule has 0 unspecified atom stereocenters. The van der Waals surface area contributed by atoms with Gasteiger partial charge in [-0.1, -0.05) is 82.3 Å². The number of aryl methyl sites for hydroxylation is 2. The van der Waals surface area contributed by atoms with Crippen molar-refractivity contribution >= 4 is 22.8 Å². The van der Waals surface area contributed by atoms with Crippen molar-refractivity contribution < 1.29 is 9.59 Å². The van der Waals surface area contributed by atoms with Gasteiger partial charge in [-0.2, -0.15) is 0 Å². The van der Waals surface area contributed by atoms with E-state index < -0.39 is 0 Å². The summed E-state index contributed by atoms with van der Waals surface area (Å²) in [7, 11) is 0. The highest BCUT2D eigenvalue weighted by molar-refractivity contribution is 5.86. The van der Waals surface area contributed by atoms with E-state index in [0.29, 0.717) is 0 Å². The van der Waals surface area contributed by atoms with Crippen LogP contribution in [-0.2, 0) is 22.4 Å². The number of aromatic amines is 2. The standard InChI is InChI=1S/C45H56N8O2/c1-6-50(7-2)29(5)44(54)52-25-13-18-39(52)43-47-36-24-21-33-27-31(19-22-34(33)40(36)49-43)32-20-23-35-37(28-32)48-42(46-35)38-17-14-26-53(38)45(55)41(51(8-3)9-4)30-15-11-10-12-16-30/h10-12,15-16,19-20,22-23,27-29,38-39,41H,6-9,13-14,17-18,21,24-26H2,1-5H3,(H,46,48)(H,47,49)/t29-,38+,39+,41-/m1/s1. The molecule has 0 bridgehead atoms. The number of H-pyrrole nitrogens is 2. The summed E-state index contributed by atoms with van der Waals surface area (Å²) >= 11 is 0. The summed E-state index contributed by atoms with van der Waals surface area (Å²) in [5.41, 5.74) is 9.90. The van der Waals surface area contributed by atoms with Crippen LogP contribution in [0.1, 0.15) is 107 Å². The van der Waals surface area contributed by atoms with Gasteiger partial charge in [-0.25, -0.2) is 9.97 Å². The first-order chi connectivity index (χ1) is 26.8. The number of nitrogens with one attached hydrogen (secondary N) is 2. The summed E-state index contributed by atoms with van der Waals surface area (Å²) in [6.45, 7) is 15.4. The molecule has 10 heteroatoms. The summed E-state index contributed by atoms with van der Waals surface area (Å²) in [5.74, 6) is 2.14. The van der Waals surface area contributed by atoms with Crippen molar-refractivity contribution in [2.75, 3.05) is 39.3 Å². The lowest BCUT2D eigenvalue weighted by atomic mass is 9.89. The molecule has 0 radical (unpaired) electrons. The number of rotatable bonds is 12. The van der Waals surface area contributed by atoms with Gasteiger partial charge in [0.2, 0.25) is 11.8 Å². The number of hydrogen-bond donors (Lipinski definition) is 2. The number of hydrogen-bond acceptors (Lipinski definition) is 6. The first-order valence-corrected chi connectivity index (χ1v) is 20.7. The van der Waals surface area contributed by atoms with E-state index >= 15 is 0 Å². The summed E-state index contributed by atoms with van der Waals surface area (Å²) in [6.07, 6.45) is 5.62. The second-order valence-electron chi connectivity index (χ2n) is 15.5. The molecule has 2 N–H and O–H groups in total. The van der Waals surface area contributed by atoms with Crippen LogP contribution in [0.4, 0.5) is 0 Å². The Morgan fingerprint density at radius 3 is 2.07 bits per heavy atom. The van der Waals surface area contributed by atoms with Gasteiger partial charge in [0.15, 0.2) is 0 Å². The fourth-order valence-corrected chi connectivity index (χ4v) is 9.52. The molecule has 4 atom stereocenters. The second kappa shape index (κ2) is 15.7. The van der Waals surface area contributed by atoms with Gasteiger partial charge in [0.1, 0.15) is 17.7 Å². The Labute approximate surface area is 325 Å². The number of aromatic nitrogens is 4. The summed E-state index contributed by atoms with van der Waals surface area (Å²) < 4.78 is 0. The molecule has 10 nitrogen and oxygen atoms in total. The van der Waals surface area contributed by atoms with E-state index in [2.05, 4.69) is 106 Å². The van der Waals surface area contributed by atoms with Crippen molar-refractivity contribution in [2.45, 2.75) is 97.3 Å². The van der Waals surface area contributed by atoms with Crippen LogP contribution in [0.2, 0.25) is 0 Å². The third-order valence-corrected chi connectivity index (χ3v) is 12.6. The number of carbonyl (C=O) groups is 2. The van der Waals surface area contributed by atoms with Crippen LogP contribution in [0.5, 0.6) is 0 Å². The molecule has 2 saturated heterocycles. The third kappa shape index (κ3) is 6.88. The highest BCUT2D eigenvalue weighted by atomic mass is 16.2. The Kier molecular flexibility index (Phi) is 10.6. The van der Waals surface area contributed by atoms with E-state index in [1.54, 1.807) is 0 Å². The van der Waals surface area contributed by atoms with Crippen molar-refractivity contribution in [3.8, 4) is 22.4 Å². The predicted molar refractivity (Wildman–Crippen MR) is 218 cm³/mol. The van der Waals surface area contributed by atoms with Gasteiger partial charge in [0.25, 0.3) is 0 Å². The molecule has 2 aliphatic heterocycles. The summed E-state index contributed by atoms with van der Waals surface area (Å²) in [5, 5.41) is 0. The minimum absolute atomic E-state index is 0.00745. The zero-order valence-electron chi connectivity index (χ0n) is 33.1. The zero-order chi connectivity index (χ0) is 38.2. The maximum atomic E-state index is 14.3. The molecular weight excluding hydrogens is 685 g/mol. The fourth-order valence-electron chi connectivity index (χ4n) is 9.52. The third-order valence-electron chi connectivity index (χ3n) is 12.6. The molecule has 4 heterocycles. The molecule has 2 aromatic heterocycles. The number of imidazole rings is 2. The highest BCUT2D eigenvalue weighted by Crippen LogP contribution is 2.40. The monoisotopic (exact) mass is 740 g/mol. The quantitative estimate of drug-likeness (QED) is 0.135. The maximum Gasteiger partial charge on any atom is 0.245 e. The average Bonchev–Trinajstić information content (AvgIpc) is 4.05. The second-order valence-corrected chi connectivity index (χ2v) is 15.5. The molecule has 2 fully saturated rings. The molecule has 0 saturated carbocycles. The Morgan fingerprint density at radius 2 is 1.38 bits per heavy atom. The molecule has 5 aromatic rings. The molecule has 288 valence electrons. The van der Waals surface area contributed by atoms with E-state index in [1.807, 2.05) is 25.1 Å². The van der Waals surface area contributed by atoms with Crippen molar-refractivity contribution in [3.05, 3.63) is 95.2 Å². The van der Waals surface area contributed by atoms with Gasteiger partial charge in [0.05, 0.1) is 34.9 Å². The molecule has 1 aliphatic carbocycles. The first kappa shape index (κ1) is 37.1. The Morgan fingerprint density at radius 1 is 0.745 bits per heavy atom. The van der Waals surface area contributed by atoms with Crippen molar-refractivity contribution in [1.29, 1.82) is 0 Å². The van der Waals surface area contributed by atoms with E-state index in [4.69, 9.17) is 9.97 Å². The van der Waals surface area contributed by atoms with Crippen molar-refractivity contribution in [1.82, 2.24) is 39.5 Å². The van der Waals surface area contributed by atoms with Gasteiger partial charge in [-0.15, -0.1) is 0 Å². The molecule has 55 heavy (non-hydrogen) atoms. The van der Waals surface area contributed by atoms with Crippen LogP contribution in [0.3, 0.4) is 0 Å². The van der Waals surface area contributed by atoms with Crippen LogP contribution in [-0.4, -0.2) is 96.7 Å². The Balaban J connectivity index is 1.02. The van der Waals surface area contributed by atoms with Gasteiger partial charge < -0.3 is 19.8 Å². The van der Waals surface area contributed by atoms with E-state index in [0.717, 1.165) is 123 Å². The topological polar surface area (TPSA) is 104 Å². The number of amides is 2. The molecule has 0 spiro atoms. The van der Waals surface area contributed by atoms with Crippen molar-refractivity contribution in [3.63, 3.8) is 0 Å². The maximum absolute atomic E-state index is 14.3. The minimum Gasteiger partial charge on any atom is -0.344 e. The molecule has 8 rings (SSSR count). The van der Waals surface area contributed by atoms with Gasteiger partial charge in [-0.05, 0) is 106 Å². The van der Waals surface area contributed by atoms with Crippen molar-refractivity contribution in [2.24, 2.45) is 0 Å². The van der Waals surface area contributed by atoms with Gasteiger partial charge >= 0.3 is 0 Å². The van der Waals surface area contributed by atoms with Crippen LogP contribution < -0.4 is 0 Å². The zero-order valence-corrected chi connectivity index (χ0v) is 33.1. The molecule has 3 aromatic carbocycles. The number of likely N-dealkylation sites (N-methyl/N-ethyl adjacent to an activating group) is 2. The van der Waals surface area contributed by atoms with Crippen LogP contribution in [0.25, 0.3) is 33.4 Å². The fraction of sp³-hybridized carbons (Fsp3) is 0.467. The lowest BCUT2D eigenvalue weighted by Gasteiger charge is -2.34. The predicted octanol–water partition coefficient (Wildman–Crippen LogP) is 7.86. The average molecular weight is 741 g/mol. The van der Waals surface area contributed by atoms with E-state index in [9.17, 15) is 9.59 Å². The van der Waals surface area contributed by atoms with Crippen LogP contribution in [0, 0.1) is 0 Å². The minimum atomic E-state index is -0.311. The molecule has 3 aliphatic rings. The smallest absolute Gasteiger partial charge is 0.245 e. The van der Waals surface area contributed by atoms with Crippen LogP contribution in [0.15, 0.2) is 66.7 Å². The van der Waals surface area contributed by atoms with Crippen LogP contribution >= 0.6 is 0 Å². The Bertz CT molecular complexity index is 2150. The first-order valence-electron chi connectivity index (χ1n) is 20.7. The number of nitrogens with zero attached hydrogens (tertiary/aromatic N) is 6. The summed E-state index contributed by atoms with van der Waals surface area (Å²) in [6, 6.07) is 22.9. The van der Waals surface area contributed by atoms with Gasteiger partial charge in [-0.3, -0.25) is 19.4 Å². The van der Waals surface area contributed by atoms with E-state index in [1.165, 1.54) is 16.8 Å². The lowest BCUT2D eigenvalue weighted by molar-refractivity contribution is -0.138. The Hall–Kier alpha value is -4.80. The van der Waals surface area contributed by atoms with Gasteiger partial charge in [0, 0.05) is 24.3 Å².